The third kappa shape index (κ3) is 7.56. The van der Waals surface area contributed by atoms with Crippen LogP contribution in [0.1, 0.15) is 47.1 Å². The number of anilines is 1. The number of nitrogens with one attached hydrogen (secondary N) is 2. The molecule has 0 saturated heterocycles. The average Bonchev–Trinajstić information content (AvgIpc) is 2.64. The number of carbonyl (C=O) groups is 2. The van der Waals surface area contributed by atoms with Gasteiger partial charge in [-0.15, -0.1) is 0 Å². The van der Waals surface area contributed by atoms with Crippen molar-refractivity contribution in [2.75, 3.05) is 5.32 Å². The Morgan fingerprint density at radius 3 is 2.22 bits per heavy atom. The van der Waals surface area contributed by atoms with E-state index in [9.17, 15) is 18.0 Å². The Hall–Kier alpha value is -3.07. The molecule has 2 aromatic carbocycles. The lowest BCUT2D eigenvalue weighted by molar-refractivity contribution is -0.114. The van der Waals surface area contributed by atoms with Gasteiger partial charge in [0.25, 0.3) is 0 Å². The van der Waals surface area contributed by atoms with Gasteiger partial charge in [-0.25, -0.2) is 4.79 Å². The summed E-state index contributed by atoms with van der Waals surface area (Å²) >= 11 is 0. The summed E-state index contributed by atoms with van der Waals surface area (Å²) in [5.41, 5.74) is 0.843. The van der Waals surface area contributed by atoms with E-state index in [4.69, 9.17) is 4.18 Å². The van der Waals surface area contributed by atoms with Crippen molar-refractivity contribution in [3.05, 3.63) is 54.1 Å². The minimum Gasteiger partial charge on any atom is -0.379 e. The molecule has 0 fully saturated rings. The number of nitrogens with zero attached hydrogens (tertiary/aromatic N) is 1. The second-order valence-electron chi connectivity index (χ2n) is 8.79. The summed E-state index contributed by atoms with van der Waals surface area (Å²) in [7, 11) is -4.07. The number of amides is 3. The van der Waals surface area contributed by atoms with Crippen LogP contribution < -0.4 is 14.8 Å². The van der Waals surface area contributed by atoms with Crippen LogP contribution in [0.3, 0.4) is 0 Å². The molecule has 0 aliphatic rings. The molecule has 2 rings (SSSR count). The van der Waals surface area contributed by atoms with Crippen LogP contribution in [0.15, 0.2) is 53.4 Å². The summed E-state index contributed by atoms with van der Waals surface area (Å²) < 4.78 is 30.6. The molecule has 0 saturated carbocycles. The quantitative estimate of drug-likeness (QED) is 0.603. The lowest BCUT2D eigenvalue weighted by atomic mass is 10.1. The number of benzene rings is 2. The monoisotopic (exact) mass is 461 g/mol. The normalized spacial score (nSPS) is 11.7. The van der Waals surface area contributed by atoms with Gasteiger partial charge in [-0.3, -0.25) is 4.79 Å². The molecule has 174 valence electrons. The van der Waals surface area contributed by atoms with E-state index in [-0.39, 0.29) is 34.2 Å². The maximum Gasteiger partial charge on any atom is 0.339 e. The van der Waals surface area contributed by atoms with Gasteiger partial charge in [-0.2, -0.15) is 8.42 Å². The van der Waals surface area contributed by atoms with E-state index in [2.05, 4.69) is 10.6 Å². The highest BCUT2D eigenvalue weighted by Gasteiger charge is 2.23. The number of rotatable bonds is 7. The van der Waals surface area contributed by atoms with Gasteiger partial charge in [0, 0.05) is 30.7 Å². The third-order valence-corrected chi connectivity index (χ3v) is 5.55. The Morgan fingerprint density at radius 1 is 1.06 bits per heavy atom. The standard InChI is InChI=1S/C23H31N3O5S/c1-16(2)26(22(28)25-23(4,5)6)15-18-8-7-9-20(14-18)31-32(29,30)21-12-10-19(11-13-21)24-17(3)27/h7-14,16H,15H2,1-6H3,(H,24,27)(H,25,28). The maximum absolute atomic E-state index is 12.7. The average molecular weight is 462 g/mol. The second-order valence-corrected chi connectivity index (χ2v) is 10.3. The Morgan fingerprint density at radius 2 is 1.69 bits per heavy atom. The zero-order valence-electron chi connectivity index (χ0n) is 19.3. The molecule has 0 aliphatic carbocycles. The number of hydrogen-bond donors (Lipinski definition) is 2. The van der Waals surface area contributed by atoms with E-state index in [1.165, 1.54) is 31.2 Å². The van der Waals surface area contributed by atoms with E-state index in [0.717, 1.165) is 5.56 Å². The predicted octanol–water partition coefficient (Wildman–Crippen LogP) is 4.13. The van der Waals surface area contributed by atoms with E-state index in [1.54, 1.807) is 29.2 Å². The molecule has 2 aromatic rings. The highest BCUT2D eigenvalue weighted by atomic mass is 32.2. The molecule has 0 atom stereocenters. The van der Waals surface area contributed by atoms with Crippen LogP contribution in [-0.4, -0.2) is 36.8 Å². The first-order valence-corrected chi connectivity index (χ1v) is 11.7. The van der Waals surface area contributed by atoms with Crippen LogP contribution in [0, 0.1) is 0 Å². The molecule has 0 spiro atoms. The minimum absolute atomic E-state index is 0.0367. The second kappa shape index (κ2) is 10.0. The number of urea groups is 1. The zero-order valence-corrected chi connectivity index (χ0v) is 20.1. The molecule has 0 aromatic heterocycles. The first-order valence-electron chi connectivity index (χ1n) is 10.3. The van der Waals surface area contributed by atoms with Crippen molar-refractivity contribution < 1.29 is 22.2 Å². The topological polar surface area (TPSA) is 105 Å². The van der Waals surface area contributed by atoms with Crippen LogP contribution in [0.2, 0.25) is 0 Å². The lowest BCUT2D eigenvalue weighted by Gasteiger charge is -2.31. The molecule has 0 heterocycles. The molecule has 32 heavy (non-hydrogen) atoms. The molecule has 9 heteroatoms. The van der Waals surface area contributed by atoms with Crippen LogP contribution >= 0.6 is 0 Å². The summed E-state index contributed by atoms with van der Waals surface area (Å²) in [5, 5.41) is 5.52. The zero-order chi connectivity index (χ0) is 24.1. The molecule has 0 bridgehead atoms. The summed E-state index contributed by atoms with van der Waals surface area (Å²) in [6.45, 7) is 11.2. The summed E-state index contributed by atoms with van der Waals surface area (Å²) in [5.74, 6) is -0.103. The SMILES string of the molecule is CC(=O)Nc1ccc(S(=O)(=O)Oc2cccc(CN(C(=O)NC(C)(C)C)C(C)C)c2)cc1. The molecule has 2 N–H and O–H groups in total. The van der Waals surface area contributed by atoms with Crippen LogP contribution in [0.4, 0.5) is 10.5 Å². The lowest BCUT2D eigenvalue weighted by Crippen LogP contribution is -2.50. The van der Waals surface area contributed by atoms with Gasteiger partial charge < -0.3 is 19.7 Å². The van der Waals surface area contributed by atoms with Crippen molar-refractivity contribution >= 4 is 27.7 Å². The maximum atomic E-state index is 12.7. The first kappa shape index (κ1) is 25.2. The Kier molecular flexibility index (Phi) is 7.90. The molecule has 3 amide bonds. The molecule has 0 radical (unpaired) electrons. The Balaban J connectivity index is 2.17. The van der Waals surface area contributed by atoms with Gasteiger partial charge in [-0.05, 0) is 76.6 Å². The van der Waals surface area contributed by atoms with Gasteiger partial charge in [-0.1, -0.05) is 12.1 Å². The van der Waals surface area contributed by atoms with Gasteiger partial charge in [0.1, 0.15) is 10.6 Å². The molecular formula is C23H31N3O5S. The largest absolute Gasteiger partial charge is 0.379 e. The fourth-order valence-corrected chi connectivity index (χ4v) is 3.78. The smallest absolute Gasteiger partial charge is 0.339 e. The van der Waals surface area contributed by atoms with Gasteiger partial charge in [0.15, 0.2) is 0 Å². The van der Waals surface area contributed by atoms with Crippen molar-refractivity contribution in [1.29, 1.82) is 0 Å². The van der Waals surface area contributed by atoms with Gasteiger partial charge in [0.05, 0.1) is 0 Å². The highest BCUT2D eigenvalue weighted by Crippen LogP contribution is 2.22. The fourth-order valence-electron chi connectivity index (χ4n) is 2.86. The molecule has 8 nitrogen and oxygen atoms in total. The molecule has 0 unspecified atom stereocenters. The molecule has 0 aliphatic heterocycles. The van der Waals surface area contributed by atoms with E-state index in [0.29, 0.717) is 12.2 Å². The first-order chi connectivity index (χ1) is 14.8. The van der Waals surface area contributed by atoms with E-state index >= 15 is 0 Å². The third-order valence-electron chi connectivity index (χ3n) is 4.29. The van der Waals surface area contributed by atoms with Crippen LogP contribution in [-0.2, 0) is 21.5 Å². The van der Waals surface area contributed by atoms with Crippen molar-refractivity contribution in [1.82, 2.24) is 10.2 Å². The summed E-state index contributed by atoms with van der Waals surface area (Å²) in [4.78, 5) is 25.4. The molecular weight excluding hydrogens is 430 g/mol. The van der Waals surface area contributed by atoms with Crippen molar-refractivity contribution in [3.63, 3.8) is 0 Å². The summed E-state index contributed by atoms with van der Waals surface area (Å²) in [6.07, 6.45) is 0. The van der Waals surface area contributed by atoms with Crippen molar-refractivity contribution in [2.45, 2.75) is 64.6 Å². The number of hydrogen-bond acceptors (Lipinski definition) is 5. The van der Waals surface area contributed by atoms with Gasteiger partial charge >= 0.3 is 16.1 Å². The highest BCUT2D eigenvalue weighted by molar-refractivity contribution is 7.87. The fraction of sp³-hybridized carbons (Fsp3) is 0.391. The van der Waals surface area contributed by atoms with E-state index < -0.39 is 10.1 Å². The Labute approximate surface area is 190 Å². The van der Waals surface area contributed by atoms with Crippen molar-refractivity contribution in [3.8, 4) is 5.75 Å². The van der Waals surface area contributed by atoms with Crippen LogP contribution in [0.25, 0.3) is 0 Å². The van der Waals surface area contributed by atoms with Gasteiger partial charge in [0.2, 0.25) is 5.91 Å². The van der Waals surface area contributed by atoms with E-state index in [1.807, 2.05) is 34.6 Å². The van der Waals surface area contributed by atoms with Crippen molar-refractivity contribution in [2.24, 2.45) is 0 Å². The van der Waals surface area contributed by atoms with Crippen LogP contribution in [0.5, 0.6) is 5.75 Å². The minimum atomic E-state index is -4.07. The predicted molar refractivity (Wildman–Crippen MR) is 124 cm³/mol. The Bertz CT molecular complexity index is 1060. The summed E-state index contributed by atoms with van der Waals surface area (Å²) in [6, 6.07) is 12.1. The number of carbonyl (C=O) groups excluding carboxylic acids is 2.